The van der Waals surface area contributed by atoms with Crippen LogP contribution in [0.15, 0.2) is 30.5 Å². The minimum Gasteiger partial charge on any atom is -0.475 e. The maximum absolute atomic E-state index is 13.0. The third kappa shape index (κ3) is 15.8. The number of halogens is 7. The van der Waals surface area contributed by atoms with Gasteiger partial charge in [0.2, 0.25) is 5.91 Å². The van der Waals surface area contributed by atoms with Crippen molar-refractivity contribution < 1.29 is 55.7 Å². The number of unbranched alkanes of at least 4 members (excludes halogenated alkanes) is 2. The number of alkyl halides is 6. The highest BCUT2D eigenvalue weighted by molar-refractivity contribution is 6.30. The summed E-state index contributed by atoms with van der Waals surface area (Å²) >= 11 is 6.13. The lowest BCUT2D eigenvalue weighted by molar-refractivity contribution is -0.193. The molecule has 0 aliphatic carbocycles. The van der Waals surface area contributed by atoms with Crippen LogP contribution in [0.25, 0.3) is 11.3 Å². The van der Waals surface area contributed by atoms with Crippen molar-refractivity contribution in [2.24, 2.45) is 5.92 Å². The number of nitrogens with zero attached hydrogens (tertiary/aromatic N) is 2. The summed E-state index contributed by atoms with van der Waals surface area (Å²) in [7, 11) is 2.10. The topological polar surface area (TPSA) is 153 Å². The van der Waals surface area contributed by atoms with Gasteiger partial charge in [-0.1, -0.05) is 36.6 Å². The predicted molar refractivity (Wildman–Crippen MR) is 151 cm³/mol. The fourth-order valence-corrected chi connectivity index (χ4v) is 4.24. The molecule has 0 spiro atoms. The number of carboxylic acid groups (broad SMARTS) is 2. The first-order valence-corrected chi connectivity index (χ1v) is 14.1. The summed E-state index contributed by atoms with van der Waals surface area (Å²) in [5, 5.41) is 18.2. The maximum atomic E-state index is 13.0. The lowest BCUT2D eigenvalue weighted by Crippen LogP contribution is -2.40. The molecule has 0 bridgehead atoms. The van der Waals surface area contributed by atoms with Crippen LogP contribution in [0.1, 0.15) is 63.7 Å². The molecule has 45 heavy (non-hydrogen) atoms. The van der Waals surface area contributed by atoms with E-state index in [1.807, 2.05) is 24.3 Å². The molecule has 1 atom stereocenters. The number of ketones is 1. The van der Waals surface area contributed by atoms with Gasteiger partial charge in [0.1, 0.15) is 11.6 Å². The van der Waals surface area contributed by atoms with Crippen molar-refractivity contribution in [3.05, 3.63) is 41.3 Å². The molecule has 1 fully saturated rings. The number of aromatic nitrogens is 2. The number of aliphatic carboxylic acids is 2. The molecule has 1 aliphatic heterocycles. The normalized spacial score (nSPS) is 14.7. The second-order valence-electron chi connectivity index (χ2n) is 10.2. The number of rotatable bonds is 10. The molecule has 252 valence electrons. The van der Waals surface area contributed by atoms with Crippen molar-refractivity contribution in [2.45, 2.75) is 70.3 Å². The number of carbonyl (C=O) groups is 4. The summed E-state index contributed by atoms with van der Waals surface area (Å²) in [6.45, 7) is 3.53. The minimum atomic E-state index is -5.08. The average Bonchev–Trinajstić information content (AvgIpc) is 3.42. The number of benzene rings is 1. The van der Waals surface area contributed by atoms with E-state index in [0.717, 1.165) is 68.7 Å². The number of hydrogen-bond donors (Lipinski definition) is 4. The number of carbonyl (C=O) groups excluding carboxylic acids is 2. The molecule has 1 saturated heterocycles. The molecule has 1 aromatic heterocycles. The van der Waals surface area contributed by atoms with E-state index < -0.39 is 24.3 Å². The highest BCUT2D eigenvalue weighted by Gasteiger charge is 2.39. The fourth-order valence-electron chi connectivity index (χ4n) is 4.05. The predicted octanol–water partition coefficient (Wildman–Crippen LogP) is 6.04. The molecule has 1 amide bonds. The molecule has 2 aromatic rings. The second-order valence-corrected chi connectivity index (χ2v) is 10.7. The van der Waals surface area contributed by atoms with Crippen molar-refractivity contribution in [1.82, 2.24) is 20.2 Å². The van der Waals surface area contributed by atoms with Crippen LogP contribution in [0.3, 0.4) is 0 Å². The van der Waals surface area contributed by atoms with Crippen LogP contribution in [0.2, 0.25) is 5.02 Å². The summed E-state index contributed by atoms with van der Waals surface area (Å²) in [5.74, 6) is -4.35. The van der Waals surface area contributed by atoms with E-state index in [4.69, 9.17) is 31.4 Å². The molecular formula is C28H35ClF6N4O6. The van der Waals surface area contributed by atoms with Crippen LogP contribution in [0.5, 0.6) is 0 Å². The van der Waals surface area contributed by atoms with Crippen LogP contribution in [-0.4, -0.2) is 81.2 Å². The molecule has 0 unspecified atom stereocenters. The van der Waals surface area contributed by atoms with Crippen molar-refractivity contribution in [2.75, 3.05) is 20.1 Å². The lowest BCUT2D eigenvalue weighted by Gasteiger charge is -2.29. The van der Waals surface area contributed by atoms with Crippen LogP contribution in [-0.2, 0) is 19.2 Å². The molecule has 1 aromatic carbocycles. The minimum absolute atomic E-state index is 0.0544. The van der Waals surface area contributed by atoms with Crippen molar-refractivity contribution in [3.8, 4) is 11.3 Å². The SMILES string of the molecule is CC(=O)CCCCC[C@H](NC(=O)C1CCN(C)CC1)c1ncc(-c2cccc(Cl)c2)[nH]1.O=C(O)C(F)(F)F.O=C(O)C(F)(F)F. The first-order valence-electron chi connectivity index (χ1n) is 13.7. The maximum Gasteiger partial charge on any atom is 0.490 e. The Kier molecular flexibility index (Phi) is 16.0. The van der Waals surface area contributed by atoms with Gasteiger partial charge in [-0.15, -0.1) is 0 Å². The number of piperidine rings is 1. The lowest BCUT2D eigenvalue weighted by atomic mass is 9.95. The monoisotopic (exact) mass is 672 g/mol. The first kappa shape index (κ1) is 39.4. The Hall–Kier alpha value is -3.66. The van der Waals surface area contributed by atoms with Crippen LogP contribution >= 0.6 is 11.6 Å². The average molecular weight is 673 g/mol. The zero-order valence-electron chi connectivity index (χ0n) is 24.5. The van der Waals surface area contributed by atoms with Gasteiger partial charge in [-0.25, -0.2) is 14.6 Å². The van der Waals surface area contributed by atoms with E-state index in [0.29, 0.717) is 11.4 Å². The third-order valence-electron chi connectivity index (χ3n) is 6.47. The molecule has 0 radical (unpaired) electrons. The number of hydrogen-bond acceptors (Lipinski definition) is 6. The summed E-state index contributed by atoms with van der Waals surface area (Å²) in [5.41, 5.74) is 1.85. The fraction of sp³-hybridized carbons (Fsp3) is 0.536. The van der Waals surface area contributed by atoms with Gasteiger partial charge in [-0.05, 0) is 64.9 Å². The first-order chi connectivity index (χ1) is 20.8. The number of nitrogens with one attached hydrogen (secondary N) is 2. The Balaban J connectivity index is 0.000000601. The Morgan fingerprint density at radius 2 is 1.58 bits per heavy atom. The summed E-state index contributed by atoms with van der Waals surface area (Å²) in [6, 6.07) is 7.46. The molecular weight excluding hydrogens is 638 g/mol. The van der Waals surface area contributed by atoms with Crippen molar-refractivity contribution in [3.63, 3.8) is 0 Å². The van der Waals surface area contributed by atoms with Crippen molar-refractivity contribution in [1.29, 1.82) is 0 Å². The molecule has 17 heteroatoms. The summed E-state index contributed by atoms with van der Waals surface area (Å²) < 4.78 is 63.5. The number of aromatic amines is 1. The van der Waals surface area contributed by atoms with E-state index >= 15 is 0 Å². The Bertz CT molecular complexity index is 1240. The van der Waals surface area contributed by atoms with E-state index in [1.165, 1.54) is 0 Å². The Morgan fingerprint density at radius 3 is 2.07 bits per heavy atom. The smallest absolute Gasteiger partial charge is 0.475 e. The molecule has 4 N–H and O–H groups in total. The van der Waals surface area contributed by atoms with Gasteiger partial charge < -0.3 is 30.2 Å². The zero-order valence-corrected chi connectivity index (χ0v) is 25.2. The molecule has 2 heterocycles. The molecule has 1 aliphatic rings. The van der Waals surface area contributed by atoms with Gasteiger partial charge in [-0.3, -0.25) is 4.79 Å². The summed E-state index contributed by atoms with van der Waals surface area (Å²) in [6.07, 6.45) is -2.41. The quantitative estimate of drug-likeness (QED) is 0.176. The van der Waals surface area contributed by atoms with Crippen molar-refractivity contribution >= 4 is 35.2 Å². The highest BCUT2D eigenvalue weighted by Crippen LogP contribution is 2.26. The number of carboxylic acids is 2. The summed E-state index contributed by atoms with van der Waals surface area (Å²) in [4.78, 5) is 52.2. The van der Waals surface area contributed by atoms with Gasteiger partial charge in [0.05, 0.1) is 17.9 Å². The molecule has 0 saturated carbocycles. The van der Waals surface area contributed by atoms with E-state index in [1.54, 1.807) is 13.1 Å². The van der Waals surface area contributed by atoms with Gasteiger partial charge in [0.15, 0.2) is 0 Å². The number of H-pyrrole nitrogens is 1. The van der Waals surface area contributed by atoms with Crippen LogP contribution in [0, 0.1) is 5.92 Å². The second kappa shape index (κ2) is 18.3. The number of imidazole rings is 1. The van der Waals surface area contributed by atoms with Gasteiger partial charge in [0.25, 0.3) is 0 Å². The molecule has 3 rings (SSSR count). The van der Waals surface area contributed by atoms with Crippen LogP contribution < -0.4 is 5.32 Å². The number of amides is 1. The van der Waals surface area contributed by atoms with E-state index in [-0.39, 0.29) is 23.7 Å². The Labute approximate surface area is 260 Å². The van der Waals surface area contributed by atoms with Gasteiger partial charge in [-0.2, -0.15) is 26.3 Å². The number of likely N-dealkylation sites (tertiary alicyclic amines) is 1. The highest BCUT2D eigenvalue weighted by atomic mass is 35.5. The van der Waals surface area contributed by atoms with Gasteiger partial charge in [0, 0.05) is 22.9 Å². The standard InChI is InChI=1S/C24H33ClN4O2.2C2HF3O2/c1-17(30)7-4-3-5-10-21(28-24(31)18-11-13-29(2)14-12-18)23-26-16-22(27-23)19-8-6-9-20(25)15-19;2*3-2(4,5)1(6)7/h6,8-9,15-16,18,21H,3-5,7,10-14H2,1-2H3,(H,26,27)(H,28,31);2*(H,6,7)/t21-;;/m0../s1. The largest absolute Gasteiger partial charge is 0.490 e. The van der Waals surface area contributed by atoms with Gasteiger partial charge >= 0.3 is 24.3 Å². The third-order valence-corrected chi connectivity index (χ3v) is 6.71. The number of Topliss-reactive ketones (excluding diaryl/α,β-unsaturated/α-hetero) is 1. The Morgan fingerprint density at radius 1 is 1.02 bits per heavy atom. The van der Waals surface area contributed by atoms with Crippen LogP contribution in [0.4, 0.5) is 26.3 Å². The molecule has 10 nitrogen and oxygen atoms in total. The zero-order chi connectivity index (χ0) is 34.4. The van der Waals surface area contributed by atoms with E-state index in [9.17, 15) is 35.9 Å². The van der Waals surface area contributed by atoms with E-state index in [2.05, 4.69) is 27.2 Å².